The molecule has 1 fully saturated rings. The van der Waals surface area contributed by atoms with Gasteiger partial charge in [0.2, 0.25) is 0 Å². The molecule has 0 bridgehead atoms. The van der Waals surface area contributed by atoms with E-state index in [4.69, 9.17) is 9.72 Å². The van der Waals surface area contributed by atoms with Gasteiger partial charge in [0.25, 0.3) is 0 Å². The summed E-state index contributed by atoms with van der Waals surface area (Å²) in [6.07, 6.45) is 1.57. The lowest BCUT2D eigenvalue weighted by atomic mass is 9.99. The molecule has 0 spiro atoms. The Morgan fingerprint density at radius 3 is 2.61 bits per heavy atom. The van der Waals surface area contributed by atoms with Crippen molar-refractivity contribution in [2.75, 3.05) is 18.0 Å². The second-order valence-corrected chi connectivity index (χ2v) is 8.93. The first kappa shape index (κ1) is 21.0. The van der Waals surface area contributed by atoms with Crippen molar-refractivity contribution in [3.63, 3.8) is 0 Å². The van der Waals surface area contributed by atoms with Crippen LogP contribution in [0.5, 0.6) is 11.5 Å². The summed E-state index contributed by atoms with van der Waals surface area (Å²) in [6.45, 7) is 1.32. The fraction of sp³-hybridized carbons (Fsp3) is 0.185. The van der Waals surface area contributed by atoms with Gasteiger partial charge in [0.05, 0.1) is 16.5 Å². The Morgan fingerprint density at radius 2 is 1.88 bits per heavy atom. The second kappa shape index (κ2) is 9.35. The van der Waals surface area contributed by atoms with Crippen LogP contribution in [0.1, 0.15) is 12.8 Å². The number of ether oxygens (including phenoxy) is 1. The minimum Gasteiger partial charge on any atom is -0.481 e. The highest BCUT2D eigenvalue weighted by Crippen LogP contribution is 2.41. The zero-order valence-electron chi connectivity index (χ0n) is 17.9. The van der Waals surface area contributed by atoms with Crippen molar-refractivity contribution in [2.45, 2.75) is 12.8 Å². The molecular formula is C27H22N2O3S. The van der Waals surface area contributed by atoms with Crippen LogP contribution in [-0.4, -0.2) is 29.1 Å². The Balaban J connectivity index is 1.47. The van der Waals surface area contributed by atoms with Gasteiger partial charge in [-0.1, -0.05) is 47.7 Å². The van der Waals surface area contributed by atoms with E-state index >= 15 is 0 Å². The highest BCUT2D eigenvalue weighted by atomic mass is 32.1. The molecule has 6 heteroatoms. The van der Waals surface area contributed by atoms with Crippen molar-refractivity contribution in [2.24, 2.45) is 5.92 Å². The molecule has 164 valence electrons. The van der Waals surface area contributed by atoms with Crippen molar-refractivity contribution >= 4 is 22.4 Å². The predicted octanol–water partition coefficient (Wildman–Crippen LogP) is 6.17. The molecule has 1 saturated heterocycles. The van der Waals surface area contributed by atoms with Crippen LogP contribution in [-0.2, 0) is 4.79 Å². The van der Waals surface area contributed by atoms with Crippen molar-refractivity contribution in [1.82, 2.24) is 4.98 Å². The van der Waals surface area contributed by atoms with Gasteiger partial charge in [0.15, 0.2) is 10.9 Å². The summed E-state index contributed by atoms with van der Waals surface area (Å²) < 4.78 is 5.85. The summed E-state index contributed by atoms with van der Waals surface area (Å²) in [5.74, 6) is 0.245. The van der Waals surface area contributed by atoms with Crippen LogP contribution in [0.2, 0.25) is 0 Å². The smallest absolute Gasteiger partial charge is 0.308 e. The maximum Gasteiger partial charge on any atom is 0.308 e. The standard InChI is InChI=1S/C27H22N2O3S/c30-26(31)21-10-7-17-29(18-21)27-28-24(25(33-27)20-8-3-1-4-9-20)19-13-15-23(16-14-19)32-22-11-5-2-6-12-22/h1-5,8-9,11,13-16,21H,7,10,17-18H2,(H,30,31)/t21-/m0/s1. The normalized spacial score (nSPS) is 15.6. The Hall–Kier alpha value is -3.82. The molecule has 1 N–H and O–H groups in total. The average Bonchev–Trinajstić information content (AvgIpc) is 3.31. The van der Waals surface area contributed by atoms with E-state index in [1.165, 1.54) is 0 Å². The summed E-state index contributed by atoms with van der Waals surface area (Å²) in [5.41, 5.74) is 2.97. The maximum absolute atomic E-state index is 11.5. The van der Waals surface area contributed by atoms with E-state index in [0.29, 0.717) is 24.5 Å². The molecule has 1 aliphatic heterocycles. The first-order chi connectivity index (χ1) is 16.2. The van der Waals surface area contributed by atoms with E-state index in [1.54, 1.807) is 17.4 Å². The third kappa shape index (κ3) is 4.69. The van der Waals surface area contributed by atoms with Gasteiger partial charge in [-0.3, -0.25) is 4.79 Å². The molecule has 3 aromatic carbocycles. The number of piperidine rings is 1. The van der Waals surface area contributed by atoms with E-state index in [9.17, 15) is 9.90 Å². The van der Waals surface area contributed by atoms with Crippen LogP contribution in [0.15, 0.2) is 72.8 Å². The van der Waals surface area contributed by atoms with Gasteiger partial charge < -0.3 is 14.7 Å². The Bertz CT molecular complexity index is 1220. The Labute approximate surface area is 196 Å². The van der Waals surface area contributed by atoms with Gasteiger partial charge in [0.1, 0.15) is 5.75 Å². The molecule has 1 aromatic heterocycles. The number of aromatic nitrogens is 1. The molecule has 0 unspecified atom stereocenters. The number of benzene rings is 2. The second-order valence-electron chi connectivity index (χ2n) is 7.95. The number of anilines is 1. The van der Waals surface area contributed by atoms with Crippen LogP contribution >= 0.6 is 11.3 Å². The van der Waals surface area contributed by atoms with E-state index in [-0.39, 0.29) is 5.92 Å². The van der Waals surface area contributed by atoms with Crippen LogP contribution in [0, 0.1) is 18.1 Å². The van der Waals surface area contributed by atoms with Gasteiger partial charge in [-0.2, -0.15) is 0 Å². The van der Waals surface area contributed by atoms with Crippen LogP contribution in [0.25, 0.3) is 21.7 Å². The van der Waals surface area contributed by atoms with Gasteiger partial charge in [-0.25, -0.2) is 4.98 Å². The highest BCUT2D eigenvalue weighted by Gasteiger charge is 2.28. The van der Waals surface area contributed by atoms with Gasteiger partial charge in [-0.15, -0.1) is 0 Å². The summed E-state index contributed by atoms with van der Waals surface area (Å²) in [7, 11) is 0. The molecule has 1 aliphatic rings. The third-order valence-corrected chi connectivity index (χ3v) is 6.84. The summed E-state index contributed by atoms with van der Waals surface area (Å²) in [6, 6.07) is 29.4. The largest absolute Gasteiger partial charge is 0.481 e. The van der Waals surface area contributed by atoms with Crippen molar-refractivity contribution in [3.05, 3.63) is 84.9 Å². The van der Waals surface area contributed by atoms with E-state index in [1.807, 2.05) is 54.6 Å². The Morgan fingerprint density at radius 1 is 1.06 bits per heavy atom. The van der Waals surface area contributed by atoms with Crippen molar-refractivity contribution < 1.29 is 14.6 Å². The van der Waals surface area contributed by atoms with E-state index < -0.39 is 5.97 Å². The Kier molecular flexibility index (Phi) is 5.97. The molecule has 5 nitrogen and oxygen atoms in total. The first-order valence-corrected chi connectivity index (χ1v) is 11.7. The van der Waals surface area contributed by atoms with Crippen molar-refractivity contribution in [3.8, 4) is 33.2 Å². The number of nitrogens with zero attached hydrogens (tertiary/aromatic N) is 2. The minimum atomic E-state index is -0.733. The van der Waals surface area contributed by atoms with E-state index in [0.717, 1.165) is 39.8 Å². The predicted molar refractivity (Wildman–Crippen MR) is 130 cm³/mol. The van der Waals surface area contributed by atoms with Gasteiger partial charge in [0, 0.05) is 18.7 Å². The number of thiazole rings is 1. The minimum absolute atomic E-state index is 0.352. The lowest BCUT2D eigenvalue weighted by Crippen LogP contribution is -2.38. The number of aliphatic carboxylic acids is 1. The molecule has 0 radical (unpaired) electrons. The van der Waals surface area contributed by atoms with Crippen molar-refractivity contribution in [1.29, 1.82) is 0 Å². The molecule has 1 atom stereocenters. The molecule has 0 aliphatic carbocycles. The lowest BCUT2D eigenvalue weighted by Gasteiger charge is -2.30. The van der Waals surface area contributed by atoms with Crippen LogP contribution in [0.3, 0.4) is 0 Å². The quantitative estimate of drug-likeness (QED) is 0.377. The molecule has 2 heterocycles. The lowest BCUT2D eigenvalue weighted by molar-refractivity contribution is -0.141. The monoisotopic (exact) mass is 454 g/mol. The summed E-state index contributed by atoms with van der Waals surface area (Å²) >= 11 is 1.62. The zero-order chi connectivity index (χ0) is 22.6. The SMILES string of the molecule is O=C(O)[C@H]1CCCN(c2nc(-c3ccc(Oc4c#cccc4)cc3)c(-c3ccccc3)s2)C1. The molecule has 4 aromatic rings. The highest BCUT2D eigenvalue weighted by molar-refractivity contribution is 7.19. The first-order valence-electron chi connectivity index (χ1n) is 10.9. The number of carboxylic acids is 1. The number of rotatable bonds is 6. The fourth-order valence-corrected chi connectivity index (χ4v) is 5.11. The molecule has 0 saturated carbocycles. The van der Waals surface area contributed by atoms with Gasteiger partial charge >= 0.3 is 5.97 Å². The van der Waals surface area contributed by atoms with Crippen LogP contribution in [0.4, 0.5) is 5.13 Å². The maximum atomic E-state index is 11.5. The average molecular weight is 455 g/mol. The fourth-order valence-electron chi connectivity index (χ4n) is 3.98. The molecule has 5 rings (SSSR count). The topological polar surface area (TPSA) is 62.7 Å². The molecule has 0 amide bonds. The number of hydrogen-bond donors (Lipinski definition) is 1. The van der Waals surface area contributed by atoms with E-state index in [2.05, 4.69) is 29.2 Å². The summed E-state index contributed by atoms with van der Waals surface area (Å²) in [4.78, 5) is 19.7. The van der Waals surface area contributed by atoms with Crippen LogP contribution < -0.4 is 9.64 Å². The number of hydrogen-bond acceptors (Lipinski definition) is 5. The van der Waals surface area contributed by atoms with Gasteiger partial charge in [-0.05, 0) is 66.9 Å². The number of carbonyl (C=O) groups is 1. The molecular weight excluding hydrogens is 432 g/mol. The third-order valence-electron chi connectivity index (χ3n) is 5.67. The number of carboxylic acid groups (broad SMARTS) is 1. The molecule has 33 heavy (non-hydrogen) atoms. The zero-order valence-corrected chi connectivity index (χ0v) is 18.7. The summed E-state index contributed by atoms with van der Waals surface area (Å²) in [5, 5.41) is 10.4.